The van der Waals surface area contributed by atoms with Gasteiger partial charge in [-0.3, -0.25) is 9.59 Å². The van der Waals surface area contributed by atoms with Gasteiger partial charge >= 0.3 is 0 Å². The number of unbranched alkanes of at least 4 members (excludes halogenated alkanes) is 5. The fourth-order valence-corrected chi connectivity index (χ4v) is 2.48. The van der Waals surface area contributed by atoms with Crippen LogP contribution in [-0.2, 0) is 19.6 Å². The van der Waals surface area contributed by atoms with Crippen molar-refractivity contribution in [2.75, 3.05) is 6.54 Å². The topological polar surface area (TPSA) is 81.3 Å². The number of hydrogen-bond donors (Lipinski definition) is 1. The van der Waals surface area contributed by atoms with Crippen molar-refractivity contribution in [2.45, 2.75) is 45.4 Å². The van der Waals surface area contributed by atoms with Crippen molar-refractivity contribution in [2.24, 2.45) is 7.05 Å². The number of nitrogens with one attached hydrogen (secondary N) is 1. The first-order valence-electron chi connectivity index (χ1n) is 8.18. The summed E-state index contributed by atoms with van der Waals surface area (Å²) in [6.07, 6.45) is 7.17. The monoisotopic (exact) mass is 352 g/mol. The van der Waals surface area contributed by atoms with Crippen LogP contribution in [0.3, 0.4) is 0 Å². The molecule has 0 unspecified atom stereocenters. The van der Waals surface area contributed by atoms with E-state index >= 15 is 0 Å². The molecule has 0 aliphatic carbocycles. The third kappa shape index (κ3) is 5.56. The van der Waals surface area contributed by atoms with Crippen molar-refractivity contribution in [1.82, 2.24) is 10.1 Å². The van der Waals surface area contributed by atoms with Crippen LogP contribution in [0.2, 0.25) is 0 Å². The minimum Gasteiger partial charge on any atom is -0.376 e. The third-order valence-electron chi connectivity index (χ3n) is 3.81. The second-order valence-corrected chi connectivity index (χ2v) is 5.63. The van der Waals surface area contributed by atoms with E-state index in [4.69, 9.17) is 8.73 Å². The maximum Gasteiger partial charge on any atom is 0.290 e. The van der Waals surface area contributed by atoms with Crippen LogP contribution < -0.4 is 10.9 Å². The number of amides is 1. The second-order valence-electron chi connectivity index (χ2n) is 5.63. The van der Waals surface area contributed by atoms with Gasteiger partial charge in [-0.2, -0.15) is 8.95 Å². The molecule has 0 fully saturated rings. The number of nitrogens with zero attached hydrogens (tertiary/aromatic N) is 1. The molecule has 24 heavy (non-hydrogen) atoms. The molecular weight excluding hydrogens is 328 g/mol. The van der Waals surface area contributed by atoms with E-state index in [9.17, 15) is 9.59 Å². The number of benzene rings is 1. The first-order chi connectivity index (χ1) is 11.6. The summed E-state index contributed by atoms with van der Waals surface area (Å²) in [6, 6.07) is 4.92. The van der Waals surface area contributed by atoms with Crippen LogP contribution in [0.4, 0.5) is 0 Å². The number of carbonyl (C=O) groups is 1. The molecule has 1 aromatic heterocycles. The molecule has 0 saturated heterocycles. The van der Waals surface area contributed by atoms with Crippen molar-refractivity contribution in [3.8, 4) is 0 Å². The fraction of sp³-hybridized carbons (Fsp3) is 0.529. The Labute approximate surface area is 146 Å². The summed E-state index contributed by atoms with van der Waals surface area (Å²) in [5, 5.41) is 3.41. The standard InChI is InChI=1S/C17H24N2O3.OS/c1-3-4-5-6-7-8-11-18-16(20)13-9-10-14-15(12-13)22-19(2)17(14)21;1-2/h9-10,12H,3-8,11H2,1-2H3,(H,18,20);. The van der Waals surface area contributed by atoms with Crippen molar-refractivity contribution in [1.29, 1.82) is 0 Å². The molecule has 7 heteroatoms. The summed E-state index contributed by atoms with van der Waals surface area (Å²) >= 11 is 2.83. The van der Waals surface area contributed by atoms with E-state index in [-0.39, 0.29) is 11.5 Å². The van der Waals surface area contributed by atoms with Crippen LogP contribution in [-0.4, -0.2) is 21.4 Å². The highest BCUT2D eigenvalue weighted by Crippen LogP contribution is 2.13. The predicted octanol–water partition coefficient (Wildman–Crippen LogP) is 2.89. The maximum absolute atomic E-state index is 12.1. The Morgan fingerprint density at radius 1 is 1.17 bits per heavy atom. The van der Waals surface area contributed by atoms with Gasteiger partial charge in [0.1, 0.15) is 0 Å². The molecule has 1 amide bonds. The molecule has 0 aliphatic rings. The van der Waals surface area contributed by atoms with Gasteiger partial charge < -0.3 is 9.84 Å². The van der Waals surface area contributed by atoms with E-state index in [1.54, 1.807) is 25.2 Å². The summed E-state index contributed by atoms with van der Waals surface area (Å²) in [5.74, 6) is -0.123. The fourth-order valence-electron chi connectivity index (χ4n) is 2.48. The molecule has 6 nitrogen and oxygen atoms in total. The lowest BCUT2D eigenvalue weighted by Gasteiger charge is -2.05. The average Bonchev–Trinajstić information content (AvgIpc) is 2.89. The van der Waals surface area contributed by atoms with Crippen LogP contribution in [0.15, 0.2) is 27.5 Å². The van der Waals surface area contributed by atoms with Crippen molar-refractivity contribution in [3.63, 3.8) is 0 Å². The summed E-state index contributed by atoms with van der Waals surface area (Å²) in [4.78, 5) is 23.8. The molecule has 1 N–H and O–H groups in total. The smallest absolute Gasteiger partial charge is 0.290 e. The van der Waals surface area contributed by atoms with Crippen LogP contribution >= 0.6 is 0 Å². The number of carbonyl (C=O) groups excluding carboxylic acids is 1. The lowest BCUT2D eigenvalue weighted by Crippen LogP contribution is -2.24. The van der Waals surface area contributed by atoms with E-state index < -0.39 is 0 Å². The summed E-state index contributed by atoms with van der Waals surface area (Å²) in [6.45, 7) is 2.88. The zero-order valence-electron chi connectivity index (χ0n) is 14.2. The molecule has 0 bridgehead atoms. The lowest BCUT2D eigenvalue weighted by molar-refractivity contribution is 0.0953. The lowest BCUT2D eigenvalue weighted by atomic mass is 10.1. The van der Waals surface area contributed by atoms with Crippen molar-refractivity contribution in [3.05, 3.63) is 34.1 Å². The first-order valence-corrected chi connectivity index (χ1v) is 8.51. The van der Waals surface area contributed by atoms with Gasteiger partial charge in [-0.05, 0) is 24.6 Å². The zero-order chi connectivity index (χ0) is 17.9. The maximum atomic E-state index is 12.1. The van der Waals surface area contributed by atoms with Gasteiger partial charge in [-0.15, -0.1) is 0 Å². The van der Waals surface area contributed by atoms with Gasteiger partial charge in [0.05, 0.1) is 5.39 Å². The Bertz CT molecular complexity index is 708. The molecule has 2 aromatic rings. The van der Waals surface area contributed by atoms with E-state index in [1.807, 2.05) is 0 Å². The summed E-state index contributed by atoms with van der Waals surface area (Å²) < 4.78 is 14.3. The molecule has 1 aromatic carbocycles. The van der Waals surface area contributed by atoms with Crippen LogP contribution in [0.25, 0.3) is 11.0 Å². The van der Waals surface area contributed by atoms with Gasteiger partial charge in [0.25, 0.3) is 11.5 Å². The molecular formula is C17H24N2O4S. The number of aromatic nitrogens is 1. The van der Waals surface area contributed by atoms with Crippen molar-refractivity contribution < 1.29 is 13.5 Å². The van der Waals surface area contributed by atoms with Gasteiger partial charge in [0.2, 0.25) is 0 Å². The Kier molecular flexibility index (Phi) is 8.93. The van der Waals surface area contributed by atoms with Gasteiger partial charge in [-0.1, -0.05) is 39.0 Å². The Morgan fingerprint density at radius 3 is 2.54 bits per heavy atom. The molecule has 132 valence electrons. The highest BCUT2D eigenvalue weighted by molar-refractivity contribution is 7.44. The van der Waals surface area contributed by atoms with E-state index in [0.29, 0.717) is 23.1 Å². The average molecular weight is 352 g/mol. The number of rotatable bonds is 8. The van der Waals surface area contributed by atoms with E-state index in [1.165, 1.54) is 30.4 Å². The van der Waals surface area contributed by atoms with E-state index in [2.05, 4.69) is 24.8 Å². The highest BCUT2D eigenvalue weighted by Gasteiger charge is 2.11. The number of fused-ring (bicyclic) bond motifs is 1. The molecule has 0 saturated carbocycles. The van der Waals surface area contributed by atoms with Crippen LogP contribution in [0, 0.1) is 0 Å². The quantitative estimate of drug-likeness (QED) is 0.739. The normalized spacial score (nSPS) is 10.2. The Hall–Kier alpha value is -2.02. The van der Waals surface area contributed by atoms with Crippen LogP contribution in [0.5, 0.6) is 0 Å². The second kappa shape index (κ2) is 10.7. The third-order valence-corrected chi connectivity index (χ3v) is 3.81. The minimum atomic E-state index is -0.186. The summed E-state index contributed by atoms with van der Waals surface area (Å²) in [5.41, 5.74) is 0.779. The van der Waals surface area contributed by atoms with Gasteiger partial charge in [-0.25, -0.2) is 0 Å². The Balaban J connectivity index is 0.00000139. The first kappa shape index (κ1) is 20.0. The van der Waals surface area contributed by atoms with Crippen LogP contribution in [0.1, 0.15) is 55.8 Å². The number of hydrogen-bond acceptors (Lipinski definition) is 5. The molecule has 0 aliphatic heterocycles. The molecule has 0 spiro atoms. The number of aryl methyl sites for hydroxylation is 1. The predicted molar refractivity (Wildman–Crippen MR) is 95.3 cm³/mol. The largest absolute Gasteiger partial charge is 0.376 e. The SMILES string of the molecule is CCCCCCCCNC(=O)c1ccc2c(=O)n(C)oc2c1.O=S. The molecule has 0 atom stereocenters. The molecule has 1 heterocycles. The molecule has 2 rings (SSSR count). The van der Waals surface area contributed by atoms with Gasteiger partial charge in [0, 0.05) is 19.2 Å². The minimum absolute atomic E-state index is 0.123. The van der Waals surface area contributed by atoms with E-state index in [0.717, 1.165) is 12.8 Å². The van der Waals surface area contributed by atoms with Gasteiger partial charge in [0.15, 0.2) is 18.1 Å². The van der Waals surface area contributed by atoms with Crippen molar-refractivity contribution >= 4 is 29.4 Å². The summed E-state index contributed by atoms with van der Waals surface area (Å²) in [7, 11) is 1.56. The Morgan fingerprint density at radius 2 is 1.83 bits per heavy atom. The zero-order valence-corrected chi connectivity index (χ0v) is 15.0. The molecule has 0 radical (unpaired) electrons. The highest BCUT2D eigenvalue weighted by atomic mass is 32.1.